The molecule has 0 spiro atoms. The molecule has 0 atom stereocenters. The first-order valence-corrected chi connectivity index (χ1v) is 18.9. The van der Waals surface area contributed by atoms with Crippen molar-refractivity contribution in [2.75, 3.05) is 17.1 Å². The van der Waals surface area contributed by atoms with Crippen molar-refractivity contribution in [1.82, 2.24) is 9.55 Å². The van der Waals surface area contributed by atoms with Crippen LogP contribution in [0, 0.1) is 26.0 Å². The van der Waals surface area contributed by atoms with Crippen molar-refractivity contribution in [1.29, 1.82) is 0 Å². The Morgan fingerprint density at radius 2 is 1.30 bits per heavy atom. The fourth-order valence-corrected chi connectivity index (χ4v) is 9.26. The van der Waals surface area contributed by atoms with Gasteiger partial charge < -0.3 is 4.57 Å². The maximum absolute atomic E-state index is 8.27. The van der Waals surface area contributed by atoms with Crippen LogP contribution < -0.4 is 10.1 Å². The van der Waals surface area contributed by atoms with E-state index in [-0.39, 0.29) is 21.1 Å². The van der Waals surface area contributed by atoms with Crippen molar-refractivity contribution in [2.45, 2.75) is 19.3 Å². The van der Waals surface area contributed by atoms with Crippen LogP contribution in [-0.4, -0.2) is 21.5 Å². The first kappa shape index (κ1) is 31.9. The van der Waals surface area contributed by atoms with E-state index in [2.05, 4.69) is 157 Å². The van der Waals surface area contributed by atoms with Gasteiger partial charge in [-0.1, -0.05) is 103 Å². The molecule has 0 saturated heterocycles. The third kappa shape index (κ3) is 5.12. The first-order valence-electron chi connectivity index (χ1n) is 20.4. The number of aromatic nitrogens is 2. The van der Waals surface area contributed by atoms with Crippen LogP contribution >= 0.6 is 0 Å². The zero-order chi connectivity index (χ0) is 40.0. The van der Waals surface area contributed by atoms with Gasteiger partial charge in [0.15, 0.2) is 0 Å². The second-order valence-corrected chi connectivity index (χ2v) is 14.6. The van der Waals surface area contributed by atoms with Crippen molar-refractivity contribution in [3.05, 3.63) is 209 Å². The second-order valence-electron chi connectivity index (χ2n) is 14.6. The molecule has 3 heterocycles. The number of pyridine rings is 1. The Morgan fingerprint density at radius 1 is 0.632 bits per heavy atom. The van der Waals surface area contributed by atoms with E-state index in [9.17, 15) is 0 Å². The van der Waals surface area contributed by atoms with E-state index in [1.165, 1.54) is 16.7 Å². The van der Waals surface area contributed by atoms with Gasteiger partial charge in [-0.2, -0.15) is 35.3 Å². The molecule has 57 heavy (non-hydrogen) atoms. The molecule has 7 aromatic carbocycles. The topological polar surface area (TPSA) is 37.1 Å². The zero-order valence-corrected chi connectivity index (χ0v) is 33.4. The van der Waals surface area contributed by atoms with Gasteiger partial charge in [-0.25, -0.2) is 4.98 Å². The summed E-state index contributed by atoms with van der Waals surface area (Å²) in [6.07, 6.45) is 1.90. The Bertz CT molecular complexity index is 3090. The number of hydroxylamine groups is 1. The summed E-state index contributed by atoms with van der Waals surface area (Å²) in [6, 6.07) is 62.2. The summed E-state index contributed by atoms with van der Waals surface area (Å²) in [7, 11) is 0. The molecule has 0 unspecified atom stereocenters. The predicted molar refractivity (Wildman–Crippen MR) is 227 cm³/mol. The molecular weight excluding hydrogens is 880 g/mol. The van der Waals surface area contributed by atoms with Crippen LogP contribution in [0.4, 0.5) is 17.1 Å². The average Bonchev–Trinajstić information content (AvgIpc) is 3.91. The van der Waals surface area contributed by atoms with Gasteiger partial charge in [0.05, 0.1) is 11.1 Å². The maximum Gasteiger partial charge on any atom is 0.145 e. The number of benzene rings is 7. The summed E-state index contributed by atoms with van der Waals surface area (Å²) in [5.41, 5.74) is 14.0. The first-order chi connectivity index (χ1) is 28.7. The molecule has 1 aliphatic carbocycles. The Morgan fingerprint density at radius 3 is 2.07 bits per heavy atom. The molecule has 0 bridgehead atoms. The third-order valence-electron chi connectivity index (χ3n) is 11.6. The summed E-state index contributed by atoms with van der Waals surface area (Å²) >= 11 is 0. The minimum atomic E-state index is -2.47. The van der Waals surface area contributed by atoms with E-state index in [0.29, 0.717) is 17.1 Å². The van der Waals surface area contributed by atoms with Crippen LogP contribution in [0.3, 0.4) is 0 Å². The van der Waals surface area contributed by atoms with Gasteiger partial charge in [-0.3, -0.25) is 0 Å². The van der Waals surface area contributed by atoms with Crippen molar-refractivity contribution in [2.24, 2.45) is 0 Å². The van der Waals surface area contributed by atoms with Gasteiger partial charge in [-0.05, 0) is 94.1 Å². The molecule has 1 N–H and O–H groups in total. The number of hydrogen-bond acceptors (Lipinski definition) is 3. The van der Waals surface area contributed by atoms with Gasteiger partial charge in [-0.15, -0.1) is 38.8 Å². The molecule has 2 aromatic heterocycles. The normalized spacial score (nSPS) is 14.7. The summed E-state index contributed by atoms with van der Waals surface area (Å²) in [6.45, 7) is 1.85. The molecule has 11 rings (SSSR count). The summed E-state index contributed by atoms with van der Waals surface area (Å²) in [4.78, 5) is 9.67. The monoisotopic (exact) mass is 919 g/mol. The third-order valence-corrected chi connectivity index (χ3v) is 11.6. The van der Waals surface area contributed by atoms with Crippen molar-refractivity contribution < 1.29 is 30.1 Å². The summed E-state index contributed by atoms with van der Waals surface area (Å²) in [5.74, 6) is 0.813. The number of fused-ring (bicyclic) bond motifs is 7. The molecule has 0 fully saturated rings. The number of aryl methyl sites for hydroxylation is 2. The minimum Gasteiger partial charge on any atom is -0.319 e. The molecule has 2 aliphatic rings. The fraction of sp³-hybridized carbons (Fsp3) is 0.0784. The Balaban J connectivity index is 0.00000433. The Hall–Kier alpha value is -6.26. The smallest absolute Gasteiger partial charge is 0.145 e. The van der Waals surface area contributed by atoms with E-state index >= 15 is 0 Å². The van der Waals surface area contributed by atoms with Crippen LogP contribution in [0.15, 0.2) is 164 Å². The summed E-state index contributed by atoms with van der Waals surface area (Å²) < 4.78 is 27.1. The fourth-order valence-electron chi connectivity index (χ4n) is 9.26. The second kappa shape index (κ2) is 13.4. The van der Waals surface area contributed by atoms with Crippen molar-refractivity contribution >= 4 is 38.9 Å². The molecule has 0 radical (unpaired) electrons. The van der Waals surface area contributed by atoms with Crippen LogP contribution in [0.25, 0.3) is 49.9 Å². The molecule has 0 saturated carbocycles. The van der Waals surface area contributed by atoms with Gasteiger partial charge in [0.2, 0.25) is 0 Å². The number of anilines is 3. The Labute approximate surface area is 350 Å². The number of hydrogen-bond donors (Lipinski definition) is 0. The van der Waals surface area contributed by atoms with Crippen molar-refractivity contribution in [3.63, 3.8) is 0 Å². The molecule has 5 nitrogen and oxygen atoms in total. The average molecular weight is 920 g/mol. The zero-order valence-electron chi connectivity index (χ0n) is 34.1. The van der Waals surface area contributed by atoms with Gasteiger partial charge in [0.1, 0.15) is 17.2 Å². The van der Waals surface area contributed by atoms with E-state index in [0.717, 1.165) is 71.6 Å². The van der Waals surface area contributed by atoms with Gasteiger partial charge in [0.25, 0.3) is 0 Å². The Kier molecular flexibility index (Phi) is 7.52. The van der Waals surface area contributed by atoms with Gasteiger partial charge >= 0.3 is 0 Å². The largest absolute Gasteiger partial charge is 0.319 e. The molecule has 0 amide bonds. The standard InChI is InChI=1S/C51H36N4O.Pt/c1-33-14-12-15-34(2)50(33)35-28-29-52-49(30-35)54-45-23-9-6-20-41(45)42-27-26-37(32-48(42)54)51(43-21-7-4-18-39(43)40-19-5-8-22-44(40)51)36-16-13-17-38(31-36)55-47-25-11-10-24-46(47)53(3)56-55;/h4-30H,1-3H3;/q-2;/p+1/i3D3;. The van der Waals surface area contributed by atoms with Crippen LogP contribution in [0.1, 0.15) is 37.5 Å². The van der Waals surface area contributed by atoms with E-state index < -0.39 is 12.4 Å². The van der Waals surface area contributed by atoms with Gasteiger partial charge in [0, 0.05) is 43.9 Å². The predicted octanol–water partition coefficient (Wildman–Crippen LogP) is 11.9. The summed E-state index contributed by atoms with van der Waals surface area (Å²) in [5, 5.41) is 4.99. The van der Waals surface area contributed by atoms with E-state index in [1.807, 2.05) is 36.5 Å². The SMILES string of the molecule is [2H]C([2H])([2H])N1[OH+]N(c2[c-]c(C3(c4[c-]c5c(cc4)c4ccccc4n5-c4cc(-c5c(C)cccc5C)ccn4)c4ccccc4-c4ccccc43)ccc2)c2ccccc21.[Pt]. The number of nitrogens with zero attached hydrogens (tertiary/aromatic N) is 4. The molecular formula is C51H37N4OPt-. The van der Waals surface area contributed by atoms with Crippen LogP contribution in [-0.2, 0) is 26.5 Å². The maximum atomic E-state index is 8.27. The minimum absolute atomic E-state index is 0. The molecule has 9 aromatic rings. The van der Waals surface area contributed by atoms with Crippen LogP contribution in [0.2, 0.25) is 0 Å². The number of rotatable bonds is 5. The van der Waals surface area contributed by atoms with E-state index in [4.69, 9.17) is 9.10 Å². The van der Waals surface area contributed by atoms with E-state index in [1.54, 1.807) is 11.1 Å². The van der Waals surface area contributed by atoms with Crippen LogP contribution in [0.5, 0.6) is 0 Å². The molecule has 6 heteroatoms. The molecule has 1 aliphatic heterocycles. The molecule has 278 valence electrons. The number of para-hydroxylation sites is 3. The quantitative estimate of drug-likeness (QED) is 0.127. The van der Waals surface area contributed by atoms with Crippen molar-refractivity contribution in [3.8, 4) is 28.1 Å².